The van der Waals surface area contributed by atoms with Gasteiger partial charge in [0.1, 0.15) is 11.7 Å². The molecule has 1 saturated heterocycles. The van der Waals surface area contributed by atoms with Crippen molar-refractivity contribution in [2.24, 2.45) is 7.05 Å². The van der Waals surface area contributed by atoms with E-state index in [1.807, 2.05) is 11.8 Å². The summed E-state index contributed by atoms with van der Waals surface area (Å²) in [5, 5.41) is 6.84. The number of nitrogens with one attached hydrogen (secondary N) is 1. The lowest BCUT2D eigenvalue weighted by atomic mass is 10.1. The monoisotopic (exact) mass is 278 g/mol. The van der Waals surface area contributed by atoms with Gasteiger partial charge in [0.05, 0.1) is 0 Å². The van der Waals surface area contributed by atoms with Crippen molar-refractivity contribution in [3.63, 3.8) is 0 Å². The van der Waals surface area contributed by atoms with Gasteiger partial charge in [-0.1, -0.05) is 0 Å². The molecule has 20 heavy (non-hydrogen) atoms. The SMILES string of the molecule is Cc1cc(C(=O)NC(C)C(=O)N2CCCCC2)nn1C. The first-order valence-electron chi connectivity index (χ1n) is 7.09. The highest BCUT2D eigenvalue weighted by molar-refractivity contribution is 5.96. The van der Waals surface area contributed by atoms with Crippen molar-refractivity contribution in [2.45, 2.75) is 39.2 Å². The second kappa shape index (κ2) is 6.07. The minimum absolute atomic E-state index is 0.00861. The lowest BCUT2D eigenvalue weighted by Crippen LogP contribution is -2.48. The summed E-state index contributed by atoms with van der Waals surface area (Å²) in [4.78, 5) is 26.1. The van der Waals surface area contributed by atoms with Crippen LogP contribution in [0.1, 0.15) is 42.4 Å². The molecule has 1 aromatic heterocycles. The number of rotatable bonds is 3. The fourth-order valence-corrected chi connectivity index (χ4v) is 2.39. The van der Waals surface area contributed by atoms with Crippen LogP contribution in [0.4, 0.5) is 0 Å². The van der Waals surface area contributed by atoms with Crippen LogP contribution in [-0.2, 0) is 11.8 Å². The number of carbonyl (C=O) groups is 2. The zero-order chi connectivity index (χ0) is 14.7. The number of piperidine rings is 1. The summed E-state index contributed by atoms with van der Waals surface area (Å²) in [6.45, 7) is 5.19. The van der Waals surface area contributed by atoms with Gasteiger partial charge in [0.2, 0.25) is 5.91 Å². The molecule has 0 aliphatic carbocycles. The maximum Gasteiger partial charge on any atom is 0.272 e. The standard InChI is InChI=1S/C14H22N4O2/c1-10-9-12(16-17(10)3)13(19)15-11(2)14(20)18-7-5-4-6-8-18/h9,11H,4-8H2,1-3H3,(H,15,19). The van der Waals surface area contributed by atoms with E-state index in [0.717, 1.165) is 31.6 Å². The Kier molecular flexibility index (Phi) is 4.42. The van der Waals surface area contributed by atoms with Crippen LogP contribution in [0.15, 0.2) is 6.07 Å². The minimum atomic E-state index is -0.511. The van der Waals surface area contributed by atoms with E-state index >= 15 is 0 Å². The summed E-state index contributed by atoms with van der Waals surface area (Å²) < 4.78 is 1.64. The number of aromatic nitrogens is 2. The minimum Gasteiger partial charge on any atom is -0.341 e. The van der Waals surface area contributed by atoms with Crippen LogP contribution >= 0.6 is 0 Å². The molecule has 1 aliphatic heterocycles. The average Bonchev–Trinajstić information content (AvgIpc) is 2.79. The quantitative estimate of drug-likeness (QED) is 0.891. The van der Waals surface area contributed by atoms with Gasteiger partial charge in [-0.2, -0.15) is 5.10 Å². The third-order valence-electron chi connectivity index (χ3n) is 3.73. The number of hydrogen-bond acceptors (Lipinski definition) is 3. The number of carbonyl (C=O) groups excluding carboxylic acids is 2. The van der Waals surface area contributed by atoms with Gasteiger partial charge in [-0.25, -0.2) is 0 Å². The fourth-order valence-electron chi connectivity index (χ4n) is 2.39. The highest BCUT2D eigenvalue weighted by Gasteiger charge is 2.24. The molecule has 0 bridgehead atoms. The van der Waals surface area contributed by atoms with E-state index in [2.05, 4.69) is 10.4 Å². The molecule has 0 saturated carbocycles. The molecule has 0 radical (unpaired) electrons. The van der Waals surface area contributed by atoms with Crippen molar-refractivity contribution in [2.75, 3.05) is 13.1 Å². The number of hydrogen-bond donors (Lipinski definition) is 1. The molecule has 1 aromatic rings. The lowest BCUT2D eigenvalue weighted by Gasteiger charge is -2.29. The van der Waals surface area contributed by atoms with Gasteiger partial charge in [0.15, 0.2) is 0 Å². The summed E-state index contributed by atoms with van der Waals surface area (Å²) in [6.07, 6.45) is 3.27. The molecule has 2 rings (SSSR count). The molecule has 6 nitrogen and oxygen atoms in total. The molecule has 1 atom stereocenters. The summed E-state index contributed by atoms with van der Waals surface area (Å²) in [5.74, 6) is -0.308. The molecule has 2 amide bonds. The summed E-state index contributed by atoms with van der Waals surface area (Å²) in [5.41, 5.74) is 1.26. The third-order valence-corrected chi connectivity index (χ3v) is 3.73. The number of aryl methyl sites for hydroxylation is 2. The van der Waals surface area contributed by atoms with Gasteiger partial charge in [-0.05, 0) is 39.2 Å². The number of nitrogens with zero attached hydrogens (tertiary/aromatic N) is 3. The van der Waals surface area contributed by atoms with E-state index in [9.17, 15) is 9.59 Å². The van der Waals surface area contributed by atoms with Crippen molar-refractivity contribution in [1.82, 2.24) is 20.0 Å². The van der Waals surface area contributed by atoms with E-state index in [4.69, 9.17) is 0 Å². The van der Waals surface area contributed by atoms with Gasteiger partial charge in [0.25, 0.3) is 5.91 Å². The van der Waals surface area contributed by atoms with E-state index < -0.39 is 6.04 Å². The highest BCUT2D eigenvalue weighted by atomic mass is 16.2. The molecule has 0 spiro atoms. The van der Waals surface area contributed by atoms with Crippen molar-refractivity contribution >= 4 is 11.8 Å². The van der Waals surface area contributed by atoms with Crippen molar-refractivity contribution < 1.29 is 9.59 Å². The van der Waals surface area contributed by atoms with Gasteiger partial charge >= 0.3 is 0 Å². The van der Waals surface area contributed by atoms with E-state index in [1.165, 1.54) is 6.42 Å². The number of amides is 2. The third kappa shape index (κ3) is 3.18. The summed E-state index contributed by atoms with van der Waals surface area (Å²) in [7, 11) is 1.79. The maximum atomic E-state index is 12.2. The molecule has 1 aliphatic rings. The molecule has 1 N–H and O–H groups in total. The van der Waals surface area contributed by atoms with Gasteiger partial charge in [-0.15, -0.1) is 0 Å². The second-order valence-corrected chi connectivity index (χ2v) is 5.38. The Hall–Kier alpha value is -1.85. The lowest BCUT2D eigenvalue weighted by molar-refractivity contribution is -0.133. The van der Waals surface area contributed by atoms with Crippen molar-refractivity contribution in [3.05, 3.63) is 17.5 Å². The van der Waals surface area contributed by atoms with Crippen LogP contribution in [0.5, 0.6) is 0 Å². The predicted octanol–water partition coefficient (Wildman–Crippen LogP) is 0.859. The Bertz CT molecular complexity index is 484. The Labute approximate surface area is 119 Å². The topological polar surface area (TPSA) is 67.2 Å². The molecule has 110 valence electrons. The van der Waals surface area contributed by atoms with Crippen LogP contribution in [0.2, 0.25) is 0 Å². The normalized spacial score (nSPS) is 16.9. The van der Waals surface area contributed by atoms with Crippen LogP contribution in [0.25, 0.3) is 0 Å². The molecule has 1 unspecified atom stereocenters. The van der Waals surface area contributed by atoms with E-state index in [-0.39, 0.29) is 11.8 Å². The smallest absolute Gasteiger partial charge is 0.272 e. The van der Waals surface area contributed by atoms with Gasteiger partial charge < -0.3 is 10.2 Å². The highest BCUT2D eigenvalue weighted by Crippen LogP contribution is 2.10. The summed E-state index contributed by atoms with van der Waals surface area (Å²) >= 11 is 0. The first-order chi connectivity index (χ1) is 9.49. The van der Waals surface area contributed by atoms with Crippen LogP contribution < -0.4 is 5.32 Å². The summed E-state index contributed by atoms with van der Waals surface area (Å²) in [6, 6.07) is 1.20. The number of likely N-dealkylation sites (tertiary alicyclic amines) is 1. The maximum absolute atomic E-state index is 12.2. The van der Waals surface area contributed by atoms with Crippen molar-refractivity contribution in [1.29, 1.82) is 0 Å². The van der Waals surface area contributed by atoms with Crippen molar-refractivity contribution in [3.8, 4) is 0 Å². The van der Waals surface area contributed by atoms with Gasteiger partial charge in [0, 0.05) is 25.8 Å². The first-order valence-corrected chi connectivity index (χ1v) is 7.09. The second-order valence-electron chi connectivity index (χ2n) is 5.38. The first kappa shape index (κ1) is 14.6. The Morgan fingerprint density at radius 3 is 2.50 bits per heavy atom. The van der Waals surface area contributed by atoms with Gasteiger partial charge in [-0.3, -0.25) is 14.3 Å². The Morgan fingerprint density at radius 2 is 1.95 bits per heavy atom. The molecule has 6 heteroatoms. The van der Waals surface area contributed by atoms with E-state index in [0.29, 0.717) is 5.69 Å². The largest absolute Gasteiger partial charge is 0.341 e. The molecule has 2 heterocycles. The zero-order valence-corrected chi connectivity index (χ0v) is 12.3. The average molecular weight is 278 g/mol. The molecular formula is C14H22N4O2. The predicted molar refractivity (Wildman–Crippen MR) is 75.3 cm³/mol. The molecular weight excluding hydrogens is 256 g/mol. The van der Waals surface area contributed by atoms with Crippen LogP contribution in [0, 0.1) is 6.92 Å². The zero-order valence-electron chi connectivity index (χ0n) is 12.3. The van der Waals surface area contributed by atoms with E-state index in [1.54, 1.807) is 24.7 Å². The van der Waals surface area contributed by atoms with Crippen LogP contribution in [-0.4, -0.2) is 45.6 Å². The molecule has 1 fully saturated rings. The Balaban J connectivity index is 1.94. The molecule has 0 aromatic carbocycles. The van der Waals surface area contributed by atoms with Crippen LogP contribution in [0.3, 0.4) is 0 Å². The Morgan fingerprint density at radius 1 is 1.30 bits per heavy atom. The fraction of sp³-hybridized carbons (Fsp3) is 0.643.